The molecule has 1 fully saturated rings. The van der Waals surface area contributed by atoms with E-state index in [1.807, 2.05) is 0 Å². The van der Waals surface area contributed by atoms with Gasteiger partial charge in [-0.25, -0.2) is 18.2 Å². The van der Waals surface area contributed by atoms with Gasteiger partial charge in [0.05, 0.1) is 11.2 Å². The highest BCUT2D eigenvalue weighted by molar-refractivity contribution is 7.89. The van der Waals surface area contributed by atoms with E-state index in [0.29, 0.717) is 12.1 Å². The number of aromatic nitrogens is 2. The Labute approximate surface area is 177 Å². The van der Waals surface area contributed by atoms with E-state index >= 15 is 0 Å². The lowest BCUT2D eigenvalue weighted by Gasteiger charge is -2.25. The van der Waals surface area contributed by atoms with Crippen LogP contribution in [-0.4, -0.2) is 58.3 Å². The number of carboxylic acid groups (broad SMARTS) is 1. The molecule has 1 saturated heterocycles. The predicted octanol–water partition coefficient (Wildman–Crippen LogP) is 1.68. The van der Waals surface area contributed by atoms with Crippen LogP contribution in [0.4, 0.5) is 0 Å². The summed E-state index contributed by atoms with van der Waals surface area (Å²) in [7, 11) is -4.04. The molecule has 1 aliphatic heterocycles. The number of aliphatic carboxylic acids is 1. The number of amides is 1. The third-order valence-corrected chi connectivity index (χ3v) is 6.86. The fourth-order valence-electron chi connectivity index (χ4n) is 3.19. The van der Waals surface area contributed by atoms with Gasteiger partial charge in [0.15, 0.2) is 0 Å². The van der Waals surface area contributed by atoms with Crippen LogP contribution in [-0.2, 0) is 26.0 Å². The van der Waals surface area contributed by atoms with Crippen LogP contribution in [0.2, 0.25) is 10.0 Å². The van der Waals surface area contributed by atoms with Crippen molar-refractivity contribution in [2.75, 3.05) is 6.54 Å². The first kappa shape index (κ1) is 21.6. The second-order valence-electron chi connectivity index (χ2n) is 6.56. The molecular weight excluding hydrogens is 443 g/mol. The number of H-pyrrole nitrogens is 1. The summed E-state index contributed by atoms with van der Waals surface area (Å²) in [5.74, 6) is -1.91. The van der Waals surface area contributed by atoms with Crippen molar-refractivity contribution >= 4 is 45.1 Å². The molecule has 9 nitrogen and oxygen atoms in total. The van der Waals surface area contributed by atoms with Crippen molar-refractivity contribution in [3.05, 3.63) is 46.5 Å². The Balaban J connectivity index is 1.80. The number of benzene rings is 1. The fourth-order valence-corrected chi connectivity index (χ4v) is 5.57. The molecule has 29 heavy (non-hydrogen) atoms. The van der Waals surface area contributed by atoms with E-state index in [2.05, 4.69) is 15.3 Å². The lowest BCUT2D eigenvalue weighted by atomic mass is 10.1. The number of hydrogen-bond donors (Lipinski definition) is 3. The molecule has 156 valence electrons. The Kier molecular flexibility index (Phi) is 6.47. The van der Waals surface area contributed by atoms with Gasteiger partial charge in [-0.2, -0.15) is 4.31 Å². The molecule has 3 rings (SSSR count). The van der Waals surface area contributed by atoms with Gasteiger partial charge in [0.1, 0.15) is 12.1 Å². The lowest BCUT2D eigenvalue weighted by molar-refractivity contribution is -0.142. The highest BCUT2D eigenvalue weighted by atomic mass is 35.5. The van der Waals surface area contributed by atoms with Gasteiger partial charge < -0.3 is 15.4 Å². The summed E-state index contributed by atoms with van der Waals surface area (Å²) in [5.41, 5.74) is 0.530. The SMILES string of the molecule is O=C(O)[C@H](Cc1cnc[nH]1)NC(=O)[C@@H]1CCCN1S(=O)(=O)c1cc(Cl)cc(Cl)c1. The van der Waals surface area contributed by atoms with E-state index in [1.54, 1.807) is 0 Å². The summed E-state index contributed by atoms with van der Waals surface area (Å²) in [6.45, 7) is 0.128. The van der Waals surface area contributed by atoms with E-state index in [4.69, 9.17) is 23.2 Å². The maximum Gasteiger partial charge on any atom is 0.326 e. The number of nitrogens with zero attached hydrogens (tertiary/aromatic N) is 2. The van der Waals surface area contributed by atoms with Gasteiger partial charge in [-0.1, -0.05) is 23.2 Å². The van der Waals surface area contributed by atoms with E-state index in [1.165, 1.54) is 30.7 Å². The van der Waals surface area contributed by atoms with Gasteiger partial charge in [0, 0.05) is 34.9 Å². The summed E-state index contributed by atoms with van der Waals surface area (Å²) < 4.78 is 27.1. The van der Waals surface area contributed by atoms with Crippen LogP contribution in [0.25, 0.3) is 0 Å². The molecular formula is C17H18Cl2N4O5S. The lowest BCUT2D eigenvalue weighted by Crippen LogP contribution is -2.51. The number of nitrogens with one attached hydrogen (secondary N) is 2. The van der Waals surface area contributed by atoms with Crippen molar-refractivity contribution in [3.63, 3.8) is 0 Å². The molecule has 1 aromatic carbocycles. The summed E-state index contributed by atoms with van der Waals surface area (Å²) >= 11 is 11.8. The molecule has 1 amide bonds. The minimum atomic E-state index is -4.04. The van der Waals surface area contributed by atoms with Crippen LogP contribution < -0.4 is 5.32 Å². The van der Waals surface area contributed by atoms with E-state index in [-0.39, 0.29) is 34.3 Å². The van der Waals surface area contributed by atoms with Crippen LogP contribution in [0.3, 0.4) is 0 Å². The Hall–Kier alpha value is -2.14. The molecule has 0 aliphatic carbocycles. The summed E-state index contributed by atoms with van der Waals surface area (Å²) in [6.07, 6.45) is 3.58. The largest absolute Gasteiger partial charge is 0.480 e. The summed E-state index contributed by atoms with van der Waals surface area (Å²) in [5, 5.41) is 12.2. The highest BCUT2D eigenvalue weighted by Gasteiger charge is 2.40. The number of carboxylic acids is 1. The molecule has 0 saturated carbocycles. The van der Waals surface area contributed by atoms with Crippen molar-refractivity contribution in [2.45, 2.75) is 36.2 Å². The quantitative estimate of drug-likeness (QED) is 0.575. The molecule has 0 bridgehead atoms. The standard InChI is InChI=1S/C17H18Cl2N4O5S/c18-10-4-11(19)6-13(5-10)29(27,28)23-3-1-2-15(23)16(24)22-14(17(25)26)7-12-8-20-9-21-12/h4-6,8-9,14-15H,1-3,7H2,(H,20,21)(H,22,24)(H,25,26)/t14-,15-/m0/s1. The Morgan fingerprint density at radius 3 is 2.59 bits per heavy atom. The predicted molar refractivity (Wildman–Crippen MR) is 105 cm³/mol. The van der Waals surface area contributed by atoms with Gasteiger partial charge in [0.2, 0.25) is 15.9 Å². The Morgan fingerprint density at radius 1 is 1.31 bits per heavy atom. The van der Waals surface area contributed by atoms with Crippen molar-refractivity contribution in [1.82, 2.24) is 19.6 Å². The zero-order valence-corrected chi connectivity index (χ0v) is 17.3. The molecule has 3 N–H and O–H groups in total. The number of carbonyl (C=O) groups is 2. The minimum absolute atomic E-state index is 0.00948. The normalized spacial score (nSPS) is 18.5. The molecule has 0 unspecified atom stereocenters. The molecule has 1 aliphatic rings. The van der Waals surface area contributed by atoms with Crippen LogP contribution in [0.15, 0.2) is 35.6 Å². The minimum Gasteiger partial charge on any atom is -0.480 e. The Bertz CT molecular complexity index is 993. The highest BCUT2D eigenvalue weighted by Crippen LogP contribution is 2.29. The second-order valence-corrected chi connectivity index (χ2v) is 9.32. The molecule has 0 radical (unpaired) electrons. The zero-order valence-electron chi connectivity index (χ0n) is 15.0. The van der Waals surface area contributed by atoms with Crippen molar-refractivity contribution in [2.24, 2.45) is 0 Å². The van der Waals surface area contributed by atoms with Crippen molar-refractivity contribution < 1.29 is 23.1 Å². The van der Waals surface area contributed by atoms with E-state index in [0.717, 1.165) is 4.31 Å². The average molecular weight is 461 g/mol. The first-order valence-electron chi connectivity index (χ1n) is 8.67. The number of imidazole rings is 1. The van der Waals surface area contributed by atoms with Gasteiger partial charge >= 0.3 is 5.97 Å². The monoisotopic (exact) mass is 460 g/mol. The second kappa shape index (κ2) is 8.70. The van der Waals surface area contributed by atoms with Crippen molar-refractivity contribution in [3.8, 4) is 0 Å². The van der Waals surface area contributed by atoms with Crippen LogP contribution in [0.5, 0.6) is 0 Å². The number of rotatable bonds is 7. The zero-order chi connectivity index (χ0) is 21.2. The molecule has 2 aromatic rings. The van der Waals surface area contributed by atoms with Gasteiger partial charge in [0.25, 0.3) is 0 Å². The van der Waals surface area contributed by atoms with Crippen LogP contribution in [0.1, 0.15) is 18.5 Å². The maximum atomic E-state index is 13.0. The van der Waals surface area contributed by atoms with Crippen LogP contribution >= 0.6 is 23.2 Å². The fraction of sp³-hybridized carbons (Fsp3) is 0.353. The molecule has 1 aromatic heterocycles. The number of halogens is 2. The number of sulfonamides is 1. The number of carbonyl (C=O) groups excluding carboxylic acids is 1. The van der Waals surface area contributed by atoms with E-state index < -0.39 is 34.0 Å². The van der Waals surface area contributed by atoms with Crippen LogP contribution in [0, 0.1) is 0 Å². The Morgan fingerprint density at radius 2 is 2.00 bits per heavy atom. The molecule has 0 spiro atoms. The van der Waals surface area contributed by atoms with Gasteiger partial charge in [-0.05, 0) is 31.0 Å². The first-order chi connectivity index (χ1) is 13.7. The number of hydrogen-bond acceptors (Lipinski definition) is 5. The molecule has 12 heteroatoms. The average Bonchev–Trinajstić information content (AvgIpc) is 3.32. The molecule has 2 atom stereocenters. The maximum absolute atomic E-state index is 13.0. The third-order valence-electron chi connectivity index (χ3n) is 4.54. The number of aromatic amines is 1. The summed E-state index contributed by atoms with van der Waals surface area (Å²) in [6, 6.07) is 1.67. The summed E-state index contributed by atoms with van der Waals surface area (Å²) in [4.78, 5) is 30.8. The topological polar surface area (TPSA) is 132 Å². The van der Waals surface area contributed by atoms with Crippen molar-refractivity contribution in [1.29, 1.82) is 0 Å². The van der Waals surface area contributed by atoms with E-state index in [9.17, 15) is 23.1 Å². The third kappa shape index (κ3) is 4.89. The van der Waals surface area contributed by atoms with Gasteiger partial charge in [-0.15, -0.1) is 0 Å². The molecule has 2 heterocycles. The smallest absolute Gasteiger partial charge is 0.326 e. The van der Waals surface area contributed by atoms with Gasteiger partial charge in [-0.3, -0.25) is 4.79 Å². The first-order valence-corrected chi connectivity index (χ1v) is 10.9.